The zero-order valence-electron chi connectivity index (χ0n) is 15.9. The minimum Gasteiger partial charge on any atom is -0.496 e. The van der Waals surface area contributed by atoms with Crippen LogP contribution in [0.15, 0.2) is 66.9 Å². The molecule has 2 aromatic carbocycles. The normalized spacial score (nSPS) is 10.2. The van der Waals surface area contributed by atoms with Crippen LogP contribution in [0.3, 0.4) is 0 Å². The highest BCUT2D eigenvalue weighted by Gasteiger charge is 2.12. The number of nitrogens with one attached hydrogen (secondary N) is 2. The van der Waals surface area contributed by atoms with Gasteiger partial charge in [0.25, 0.3) is 5.91 Å². The molecule has 0 fully saturated rings. The first-order valence-electron chi connectivity index (χ1n) is 9.06. The number of rotatable bonds is 8. The van der Waals surface area contributed by atoms with Gasteiger partial charge in [0.2, 0.25) is 0 Å². The maximum atomic E-state index is 12.6. The molecule has 0 aliphatic carbocycles. The number of nitrogens with zero attached hydrogens (tertiary/aromatic N) is 1. The van der Waals surface area contributed by atoms with Gasteiger partial charge in [0, 0.05) is 24.0 Å². The van der Waals surface area contributed by atoms with E-state index < -0.39 is 0 Å². The summed E-state index contributed by atoms with van der Waals surface area (Å²) >= 11 is 0. The van der Waals surface area contributed by atoms with Crippen LogP contribution in [0.1, 0.15) is 23.0 Å². The Balaban J connectivity index is 1.70. The van der Waals surface area contributed by atoms with E-state index in [-0.39, 0.29) is 5.91 Å². The highest BCUT2D eigenvalue weighted by Crippen LogP contribution is 2.24. The Hall–Kier alpha value is -3.54. The number of ether oxygens (including phenoxy) is 2. The van der Waals surface area contributed by atoms with E-state index in [0.717, 1.165) is 17.0 Å². The van der Waals surface area contributed by atoms with Gasteiger partial charge in [0.1, 0.15) is 17.2 Å². The first kappa shape index (κ1) is 19.2. The van der Waals surface area contributed by atoms with Crippen molar-refractivity contribution in [1.82, 2.24) is 4.98 Å². The summed E-state index contributed by atoms with van der Waals surface area (Å²) in [6, 6.07) is 18.7. The predicted molar refractivity (Wildman–Crippen MR) is 110 cm³/mol. The van der Waals surface area contributed by atoms with Gasteiger partial charge in [0.05, 0.1) is 19.4 Å². The summed E-state index contributed by atoms with van der Waals surface area (Å²) in [7, 11) is 1.65. The third kappa shape index (κ3) is 4.79. The highest BCUT2D eigenvalue weighted by molar-refractivity contribution is 6.04. The Kier molecular flexibility index (Phi) is 6.46. The molecule has 28 heavy (non-hydrogen) atoms. The summed E-state index contributed by atoms with van der Waals surface area (Å²) < 4.78 is 10.9. The average molecular weight is 377 g/mol. The molecule has 0 atom stereocenters. The highest BCUT2D eigenvalue weighted by atomic mass is 16.5. The molecule has 1 amide bonds. The molecular weight excluding hydrogens is 354 g/mol. The van der Waals surface area contributed by atoms with Gasteiger partial charge in [-0.15, -0.1) is 0 Å². The van der Waals surface area contributed by atoms with E-state index in [4.69, 9.17) is 9.47 Å². The molecule has 3 aromatic rings. The Labute approximate surface area is 164 Å². The monoisotopic (exact) mass is 377 g/mol. The van der Waals surface area contributed by atoms with Gasteiger partial charge in [0.15, 0.2) is 0 Å². The van der Waals surface area contributed by atoms with Crippen LogP contribution < -0.4 is 20.1 Å². The lowest BCUT2D eigenvalue weighted by atomic mass is 10.2. The molecule has 3 rings (SSSR count). The summed E-state index contributed by atoms with van der Waals surface area (Å²) in [5.74, 6) is 1.14. The fourth-order valence-corrected chi connectivity index (χ4v) is 2.75. The Morgan fingerprint density at radius 3 is 2.57 bits per heavy atom. The first-order chi connectivity index (χ1) is 13.7. The van der Waals surface area contributed by atoms with Gasteiger partial charge < -0.3 is 20.1 Å². The number of aromatic nitrogens is 1. The van der Waals surface area contributed by atoms with E-state index in [1.54, 1.807) is 25.4 Å². The van der Waals surface area contributed by atoms with Crippen molar-refractivity contribution in [3.05, 3.63) is 78.1 Å². The van der Waals surface area contributed by atoms with Crippen molar-refractivity contribution in [2.24, 2.45) is 0 Å². The number of para-hydroxylation sites is 3. The lowest BCUT2D eigenvalue weighted by molar-refractivity contribution is 0.102. The second kappa shape index (κ2) is 9.41. The standard InChI is InChI=1S/C22H23N3O3/c1-3-28-21-11-7-5-9-18(21)25-22(26)19-14-17(12-13-23-19)24-15-16-8-4-6-10-20(16)27-2/h4-14H,3,15H2,1-2H3,(H,23,24)(H,25,26). The number of pyridine rings is 1. The van der Waals surface area contributed by atoms with E-state index in [9.17, 15) is 4.79 Å². The van der Waals surface area contributed by atoms with Gasteiger partial charge >= 0.3 is 0 Å². The van der Waals surface area contributed by atoms with Crippen LogP contribution >= 0.6 is 0 Å². The second-order valence-corrected chi connectivity index (χ2v) is 5.98. The summed E-state index contributed by atoms with van der Waals surface area (Å²) in [6.07, 6.45) is 1.61. The Morgan fingerprint density at radius 1 is 1.04 bits per heavy atom. The molecule has 0 saturated carbocycles. The smallest absolute Gasteiger partial charge is 0.274 e. The maximum Gasteiger partial charge on any atom is 0.274 e. The lowest BCUT2D eigenvalue weighted by Gasteiger charge is -2.12. The zero-order valence-corrected chi connectivity index (χ0v) is 15.9. The van der Waals surface area contributed by atoms with E-state index in [1.165, 1.54) is 0 Å². The molecule has 2 N–H and O–H groups in total. The third-order valence-corrected chi connectivity index (χ3v) is 4.10. The summed E-state index contributed by atoms with van der Waals surface area (Å²) in [5.41, 5.74) is 2.75. The Bertz CT molecular complexity index is 944. The molecule has 0 aliphatic heterocycles. The van der Waals surface area contributed by atoms with Crippen molar-refractivity contribution >= 4 is 17.3 Å². The van der Waals surface area contributed by atoms with Crippen LogP contribution in [0.4, 0.5) is 11.4 Å². The number of carbonyl (C=O) groups excluding carboxylic acids is 1. The van der Waals surface area contributed by atoms with Crippen LogP contribution in [0.2, 0.25) is 0 Å². The summed E-state index contributed by atoms with van der Waals surface area (Å²) in [5, 5.41) is 6.16. The van der Waals surface area contributed by atoms with E-state index in [1.807, 2.05) is 55.5 Å². The zero-order chi connectivity index (χ0) is 19.8. The summed E-state index contributed by atoms with van der Waals surface area (Å²) in [6.45, 7) is 2.99. The molecule has 144 valence electrons. The average Bonchev–Trinajstić information content (AvgIpc) is 2.74. The molecule has 6 nitrogen and oxygen atoms in total. The molecular formula is C22H23N3O3. The molecule has 0 saturated heterocycles. The fourth-order valence-electron chi connectivity index (χ4n) is 2.75. The number of methoxy groups -OCH3 is 1. The van der Waals surface area contributed by atoms with Gasteiger partial charge in [-0.2, -0.15) is 0 Å². The van der Waals surface area contributed by atoms with Crippen molar-refractivity contribution in [3.8, 4) is 11.5 Å². The molecule has 0 bridgehead atoms. The van der Waals surface area contributed by atoms with Crippen LogP contribution in [-0.4, -0.2) is 24.6 Å². The van der Waals surface area contributed by atoms with Crippen LogP contribution in [-0.2, 0) is 6.54 Å². The second-order valence-electron chi connectivity index (χ2n) is 5.98. The molecule has 1 aromatic heterocycles. The minimum absolute atomic E-state index is 0.298. The van der Waals surface area contributed by atoms with E-state index in [0.29, 0.717) is 30.3 Å². The molecule has 6 heteroatoms. The molecule has 0 aliphatic rings. The SMILES string of the molecule is CCOc1ccccc1NC(=O)c1cc(NCc2ccccc2OC)ccn1. The quantitative estimate of drug-likeness (QED) is 0.610. The van der Waals surface area contributed by atoms with Crippen LogP contribution in [0, 0.1) is 0 Å². The van der Waals surface area contributed by atoms with Crippen molar-refractivity contribution in [1.29, 1.82) is 0 Å². The van der Waals surface area contributed by atoms with Crippen LogP contribution in [0.5, 0.6) is 11.5 Å². The maximum absolute atomic E-state index is 12.6. The summed E-state index contributed by atoms with van der Waals surface area (Å²) in [4.78, 5) is 16.8. The van der Waals surface area contributed by atoms with Gasteiger partial charge in [-0.05, 0) is 37.3 Å². The number of hydrogen-bond acceptors (Lipinski definition) is 5. The molecule has 0 radical (unpaired) electrons. The number of carbonyl (C=O) groups is 1. The van der Waals surface area contributed by atoms with Crippen molar-refractivity contribution in [2.45, 2.75) is 13.5 Å². The number of anilines is 2. The van der Waals surface area contributed by atoms with Crippen molar-refractivity contribution in [3.63, 3.8) is 0 Å². The number of benzene rings is 2. The molecule has 0 spiro atoms. The Morgan fingerprint density at radius 2 is 1.79 bits per heavy atom. The molecule has 1 heterocycles. The van der Waals surface area contributed by atoms with Gasteiger partial charge in [-0.1, -0.05) is 30.3 Å². The van der Waals surface area contributed by atoms with Crippen molar-refractivity contribution in [2.75, 3.05) is 24.4 Å². The minimum atomic E-state index is -0.298. The topological polar surface area (TPSA) is 72.5 Å². The number of amides is 1. The first-order valence-corrected chi connectivity index (χ1v) is 9.06. The fraction of sp³-hybridized carbons (Fsp3) is 0.182. The van der Waals surface area contributed by atoms with Gasteiger partial charge in [-0.3, -0.25) is 9.78 Å². The van der Waals surface area contributed by atoms with Crippen LogP contribution in [0.25, 0.3) is 0 Å². The van der Waals surface area contributed by atoms with Crippen molar-refractivity contribution < 1.29 is 14.3 Å². The van der Waals surface area contributed by atoms with E-state index >= 15 is 0 Å². The largest absolute Gasteiger partial charge is 0.496 e. The molecule has 0 unspecified atom stereocenters. The van der Waals surface area contributed by atoms with E-state index in [2.05, 4.69) is 15.6 Å². The third-order valence-electron chi connectivity index (χ3n) is 4.10. The number of hydrogen-bond donors (Lipinski definition) is 2. The predicted octanol–water partition coefficient (Wildman–Crippen LogP) is 4.35. The lowest BCUT2D eigenvalue weighted by Crippen LogP contribution is -2.15. The van der Waals surface area contributed by atoms with Gasteiger partial charge in [-0.25, -0.2) is 0 Å².